The Bertz CT molecular complexity index is 412. The standard InChI is InChI=1S/C7H7ClN4O2S/c8-4-1-2-5(10-7(15)11-9)6(3-4)12(13)14/h1-3H,9H2,(H2,10,11,15). The lowest BCUT2D eigenvalue weighted by Gasteiger charge is -2.07. The number of thiocarbonyl (C=S) groups is 1. The van der Waals surface area contributed by atoms with E-state index in [1.54, 1.807) is 0 Å². The van der Waals surface area contributed by atoms with Gasteiger partial charge in [-0.3, -0.25) is 10.1 Å². The van der Waals surface area contributed by atoms with Crippen molar-refractivity contribution in [3.05, 3.63) is 33.3 Å². The Labute approximate surface area is 95.5 Å². The maximum absolute atomic E-state index is 10.7. The van der Waals surface area contributed by atoms with Crippen LogP contribution in [0.15, 0.2) is 18.2 Å². The number of hydrogen-bond acceptors (Lipinski definition) is 4. The zero-order valence-corrected chi connectivity index (χ0v) is 8.93. The lowest BCUT2D eigenvalue weighted by atomic mass is 10.2. The van der Waals surface area contributed by atoms with E-state index >= 15 is 0 Å². The molecule has 8 heteroatoms. The summed E-state index contributed by atoms with van der Waals surface area (Å²) in [4.78, 5) is 10.1. The van der Waals surface area contributed by atoms with Gasteiger partial charge in [0, 0.05) is 11.1 Å². The number of nitro groups is 1. The van der Waals surface area contributed by atoms with Crippen molar-refractivity contribution in [2.24, 2.45) is 5.84 Å². The van der Waals surface area contributed by atoms with Gasteiger partial charge in [0.2, 0.25) is 0 Å². The van der Waals surface area contributed by atoms with Crippen LogP contribution in [-0.2, 0) is 0 Å². The summed E-state index contributed by atoms with van der Waals surface area (Å²) in [7, 11) is 0. The van der Waals surface area contributed by atoms with Gasteiger partial charge in [-0.1, -0.05) is 11.6 Å². The summed E-state index contributed by atoms with van der Waals surface area (Å²) in [6.07, 6.45) is 0. The van der Waals surface area contributed by atoms with E-state index in [-0.39, 0.29) is 21.5 Å². The maximum Gasteiger partial charge on any atom is 0.294 e. The molecule has 0 unspecified atom stereocenters. The summed E-state index contributed by atoms with van der Waals surface area (Å²) in [5.74, 6) is 5.03. The molecule has 0 heterocycles. The van der Waals surface area contributed by atoms with Gasteiger partial charge in [-0.15, -0.1) is 0 Å². The Hall–Kier alpha value is -1.44. The summed E-state index contributed by atoms with van der Waals surface area (Å²) in [5.41, 5.74) is 2.22. The smallest absolute Gasteiger partial charge is 0.294 e. The van der Waals surface area contributed by atoms with Gasteiger partial charge in [-0.2, -0.15) is 0 Å². The van der Waals surface area contributed by atoms with Gasteiger partial charge in [-0.25, -0.2) is 5.84 Å². The Morgan fingerprint density at radius 1 is 1.60 bits per heavy atom. The molecular formula is C7H7ClN4O2S. The Balaban J connectivity index is 3.06. The Morgan fingerprint density at radius 3 is 2.80 bits per heavy atom. The number of anilines is 1. The van der Waals surface area contributed by atoms with Crippen molar-refractivity contribution < 1.29 is 4.92 Å². The van der Waals surface area contributed by atoms with E-state index in [1.165, 1.54) is 18.2 Å². The highest BCUT2D eigenvalue weighted by Crippen LogP contribution is 2.27. The van der Waals surface area contributed by atoms with Crippen molar-refractivity contribution in [1.29, 1.82) is 0 Å². The molecule has 80 valence electrons. The zero-order valence-electron chi connectivity index (χ0n) is 7.36. The first-order chi connectivity index (χ1) is 7.04. The molecule has 0 aromatic heterocycles. The minimum absolute atomic E-state index is 0.0837. The monoisotopic (exact) mass is 246 g/mol. The van der Waals surface area contributed by atoms with Gasteiger partial charge in [-0.05, 0) is 24.4 Å². The number of hydrazine groups is 1. The van der Waals surface area contributed by atoms with Crippen molar-refractivity contribution in [3.8, 4) is 0 Å². The van der Waals surface area contributed by atoms with Crippen molar-refractivity contribution in [2.75, 3.05) is 5.32 Å². The van der Waals surface area contributed by atoms with Gasteiger partial charge >= 0.3 is 0 Å². The van der Waals surface area contributed by atoms with Crippen molar-refractivity contribution in [1.82, 2.24) is 5.43 Å². The van der Waals surface area contributed by atoms with Crippen LogP contribution in [0.2, 0.25) is 5.02 Å². The number of nitrogens with two attached hydrogens (primary N) is 1. The van der Waals surface area contributed by atoms with Crippen LogP contribution in [0.5, 0.6) is 0 Å². The molecule has 0 saturated carbocycles. The van der Waals surface area contributed by atoms with Crippen molar-refractivity contribution >= 4 is 40.3 Å². The summed E-state index contributed by atoms with van der Waals surface area (Å²) in [5, 5.41) is 13.6. The lowest BCUT2D eigenvalue weighted by molar-refractivity contribution is -0.383. The first kappa shape index (κ1) is 11.6. The van der Waals surface area contributed by atoms with Crippen LogP contribution in [0.1, 0.15) is 0 Å². The topological polar surface area (TPSA) is 93.2 Å². The quantitative estimate of drug-likeness (QED) is 0.316. The minimum atomic E-state index is -0.562. The van der Waals surface area contributed by atoms with E-state index in [1.807, 2.05) is 0 Å². The summed E-state index contributed by atoms with van der Waals surface area (Å²) >= 11 is 10.3. The predicted molar refractivity (Wildman–Crippen MR) is 61.7 cm³/mol. The third-order valence-corrected chi connectivity index (χ3v) is 1.99. The molecule has 0 amide bonds. The second-order valence-corrected chi connectivity index (χ2v) is 3.36. The molecule has 0 bridgehead atoms. The van der Waals surface area contributed by atoms with Crippen molar-refractivity contribution in [2.45, 2.75) is 0 Å². The summed E-state index contributed by atoms with van der Waals surface area (Å²) in [6.45, 7) is 0. The Kier molecular flexibility index (Phi) is 3.78. The third kappa shape index (κ3) is 3.01. The molecule has 15 heavy (non-hydrogen) atoms. The molecule has 0 aliphatic heterocycles. The highest BCUT2D eigenvalue weighted by Gasteiger charge is 2.14. The molecule has 1 rings (SSSR count). The number of nitrogens with zero attached hydrogens (tertiary/aromatic N) is 1. The molecule has 0 spiro atoms. The van der Waals surface area contributed by atoms with Crippen LogP contribution >= 0.6 is 23.8 Å². The molecule has 0 atom stereocenters. The van der Waals surface area contributed by atoms with Crippen LogP contribution in [0.4, 0.5) is 11.4 Å². The molecule has 4 N–H and O–H groups in total. The van der Waals surface area contributed by atoms with Crippen LogP contribution in [-0.4, -0.2) is 10.0 Å². The fourth-order valence-electron chi connectivity index (χ4n) is 0.920. The van der Waals surface area contributed by atoms with Gasteiger partial charge in [0.05, 0.1) is 4.92 Å². The molecule has 1 aromatic carbocycles. The number of benzene rings is 1. The first-order valence-electron chi connectivity index (χ1n) is 3.76. The lowest BCUT2D eigenvalue weighted by Crippen LogP contribution is -2.34. The van der Waals surface area contributed by atoms with E-state index in [0.717, 1.165) is 0 Å². The number of rotatable bonds is 2. The normalized spacial score (nSPS) is 9.47. The fraction of sp³-hybridized carbons (Fsp3) is 0. The van der Waals surface area contributed by atoms with E-state index < -0.39 is 4.92 Å². The second kappa shape index (κ2) is 4.87. The molecule has 0 saturated heterocycles. The van der Waals surface area contributed by atoms with E-state index in [2.05, 4.69) is 10.7 Å². The molecule has 0 fully saturated rings. The summed E-state index contributed by atoms with van der Waals surface area (Å²) < 4.78 is 0. The number of nitro benzene ring substituents is 1. The fourth-order valence-corrected chi connectivity index (χ4v) is 1.20. The largest absolute Gasteiger partial charge is 0.326 e. The summed E-state index contributed by atoms with van der Waals surface area (Å²) in [6, 6.07) is 4.18. The van der Waals surface area contributed by atoms with Crippen LogP contribution < -0.4 is 16.6 Å². The highest BCUT2D eigenvalue weighted by molar-refractivity contribution is 7.80. The Morgan fingerprint density at radius 2 is 2.27 bits per heavy atom. The molecule has 1 aromatic rings. The van der Waals surface area contributed by atoms with E-state index in [4.69, 9.17) is 29.7 Å². The highest BCUT2D eigenvalue weighted by atomic mass is 35.5. The SMILES string of the molecule is NNC(=S)Nc1ccc(Cl)cc1[N+](=O)[O-]. The van der Waals surface area contributed by atoms with Crippen LogP contribution in [0.3, 0.4) is 0 Å². The molecule has 6 nitrogen and oxygen atoms in total. The van der Waals surface area contributed by atoms with Crippen molar-refractivity contribution in [3.63, 3.8) is 0 Å². The molecule has 0 radical (unpaired) electrons. The van der Waals surface area contributed by atoms with Gasteiger partial charge < -0.3 is 10.7 Å². The number of nitrogens with one attached hydrogen (secondary N) is 2. The zero-order chi connectivity index (χ0) is 11.4. The van der Waals surface area contributed by atoms with Gasteiger partial charge in [0.15, 0.2) is 5.11 Å². The molecule has 0 aliphatic carbocycles. The number of hydrogen-bond donors (Lipinski definition) is 3. The third-order valence-electron chi connectivity index (χ3n) is 1.54. The van der Waals surface area contributed by atoms with Gasteiger partial charge in [0.25, 0.3) is 5.69 Å². The molecular weight excluding hydrogens is 240 g/mol. The average molecular weight is 247 g/mol. The van der Waals surface area contributed by atoms with Crippen LogP contribution in [0, 0.1) is 10.1 Å². The van der Waals surface area contributed by atoms with Gasteiger partial charge in [0.1, 0.15) is 5.69 Å². The second-order valence-electron chi connectivity index (χ2n) is 2.52. The maximum atomic E-state index is 10.7. The predicted octanol–water partition coefficient (Wildman–Crippen LogP) is 1.41. The van der Waals surface area contributed by atoms with E-state index in [0.29, 0.717) is 0 Å². The van der Waals surface area contributed by atoms with E-state index in [9.17, 15) is 10.1 Å². The van der Waals surface area contributed by atoms with Crippen LogP contribution in [0.25, 0.3) is 0 Å². The average Bonchev–Trinajstić information content (AvgIpc) is 2.20. The first-order valence-corrected chi connectivity index (χ1v) is 4.54. The molecule has 0 aliphatic rings. The minimum Gasteiger partial charge on any atom is -0.326 e. The number of halogens is 1.